The topological polar surface area (TPSA) is 58.4 Å². The predicted octanol–water partition coefficient (Wildman–Crippen LogP) is 4.54. The maximum absolute atomic E-state index is 13.1. The van der Waals surface area contributed by atoms with Crippen molar-refractivity contribution in [2.24, 2.45) is 7.05 Å². The fraction of sp³-hybridized carbons (Fsp3) is 0.375. The van der Waals surface area contributed by atoms with Gasteiger partial charge in [-0.1, -0.05) is 42.3 Å². The maximum atomic E-state index is 13.1. The number of fused-ring (bicyclic) bond motifs is 1. The molecule has 4 rings (SSSR count). The minimum atomic E-state index is -0.0556. The fourth-order valence-corrected chi connectivity index (χ4v) is 4.80. The molecule has 0 spiro atoms. The number of aromatic nitrogens is 2. The Bertz CT molecular complexity index is 1230. The zero-order valence-corrected chi connectivity index (χ0v) is 19.9. The molecule has 168 valence electrons. The predicted molar refractivity (Wildman–Crippen MR) is 129 cm³/mol. The molecule has 2 atom stereocenters. The molecule has 1 aliphatic heterocycles. The van der Waals surface area contributed by atoms with Crippen LogP contribution in [0.4, 0.5) is 0 Å². The first-order valence-corrected chi connectivity index (χ1v) is 11.5. The Morgan fingerprint density at radius 1 is 1.16 bits per heavy atom. The summed E-state index contributed by atoms with van der Waals surface area (Å²) in [4.78, 5) is 35.0. The number of hydrogen-bond donors (Lipinski definition) is 0. The Labute approximate surface area is 197 Å². The van der Waals surface area contributed by atoms with Gasteiger partial charge in [-0.2, -0.15) is 0 Å². The zero-order valence-electron chi connectivity index (χ0n) is 18.4. The molecule has 2 heterocycles. The molecule has 2 unspecified atom stereocenters. The smallest absolute Gasteiger partial charge is 0.261 e. The van der Waals surface area contributed by atoms with Crippen molar-refractivity contribution in [3.63, 3.8) is 0 Å². The van der Waals surface area contributed by atoms with Crippen LogP contribution in [-0.4, -0.2) is 50.9 Å². The third-order valence-corrected chi connectivity index (χ3v) is 6.97. The monoisotopic (exact) mass is 472 g/mol. The summed E-state index contributed by atoms with van der Waals surface area (Å²) in [5.41, 5.74) is 1.21. The first kappa shape index (κ1) is 22.8. The second kappa shape index (κ2) is 9.22. The molecule has 1 fully saturated rings. The molecule has 1 amide bonds. The average Bonchev–Trinajstić information content (AvgIpc) is 2.79. The number of carbonyl (C=O) groups excluding carboxylic acids is 1. The molecule has 32 heavy (non-hydrogen) atoms. The lowest BCUT2D eigenvalue weighted by atomic mass is 10.1. The molecule has 6 nitrogen and oxygen atoms in total. The van der Waals surface area contributed by atoms with Crippen molar-refractivity contribution in [3.8, 4) is 0 Å². The third kappa shape index (κ3) is 4.15. The van der Waals surface area contributed by atoms with Crippen molar-refractivity contribution in [1.29, 1.82) is 0 Å². The van der Waals surface area contributed by atoms with E-state index in [2.05, 4.69) is 11.8 Å². The molecule has 0 saturated carbocycles. The summed E-state index contributed by atoms with van der Waals surface area (Å²) in [5.74, 6) is 0.702. The van der Waals surface area contributed by atoms with Gasteiger partial charge in [0.05, 0.1) is 27.0 Å². The van der Waals surface area contributed by atoms with E-state index in [-0.39, 0.29) is 23.6 Å². The van der Waals surface area contributed by atoms with Gasteiger partial charge in [0, 0.05) is 38.3 Å². The molecule has 3 aromatic rings. The van der Waals surface area contributed by atoms with Crippen LogP contribution >= 0.6 is 23.2 Å². The maximum Gasteiger partial charge on any atom is 0.261 e. The van der Waals surface area contributed by atoms with Gasteiger partial charge in [0.2, 0.25) is 0 Å². The standard InChI is InChI=1S/C24H26Cl2N4O2/c1-4-21(22-27-20-8-6-5-7-17(20)24(32)28(22)3)29-11-12-30(15(2)14-29)23(31)16-9-10-18(25)19(26)13-16/h5-10,13,15,21H,4,11-12,14H2,1-3H3. The highest BCUT2D eigenvalue weighted by molar-refractivity contribution is 6.42. The molecular weight excluding hydrogens is 447 g/mol. The molecular formula is C24H26Cl2N4O2. The normalized spacial score (nSPS) is 18.2. The second-order valence-electron chi connectivity index (χ2n) is 8.25. The number of halogens is 2. The highest BCUT2D eigenvalue weighted by Gasteiger charge is 2.33. The largest absolute Gasteiger partial charge is 0.333 e. The van der Waals surface area contributed by atoms with E-state index in [0.717, 1.165) is 12.2 Å². The van der Waals surface area contributed by atoms with Crippen LogP contribution in [0, 0.1) is 0 Å². The van der Waals surface area contributed by atoms with Crippen molar-refractivity contribution < 1.29 is 4.79 Å². The van der Waals surface area contributed by atoms with Gasteiger partial charge in [0.15, 0.2) is 0 Å². The quantitative estimate of drug-likeness (QED) is 0.559. The number of nitrogens with zero attached hydrogens (tertiary/aromatic N) is 4. The van der Waals surface area contributed by atoms with Gasteiger partial charge in [-0.25, -0.2) is 4.98 Å². The second-order valence-corrected chi connectivity index (χ2v) is 9.06. The van der Waals surface area contributed by atoms with Crippen LogP contribution in [0.25, 0.3) is 10.9 Å². The first-order chi connectivity index (χ1) is 15.3. The summed E-state index contributed by atoms with van der Waals surface area (Å²) in [6.45, 7) is 6.11. The summed E-state index contributed by atoms with van der Waals surface area (Å²) in [7, 11) is 1.78. The fourth-order valence-electron chi connectivity index (χ4n) is 4.50. The number of benzene rings is 2. The lowest BCUT2D eigenvalue weighted by Gasteiger charge is -2.43. The van der Waals surface area contributed by atoms with Crippen LogP contribution in [0.5, 0.6) is 0 Å². The van der Waals surface area contributed by atoms with Crippen molar-refractivity contribution in [2.75, 3.05) is 19.6 Å². The van der Waals surface area contributed by atoms with Crippen LogP contribution in [0.2, 0.25) is 10.0 Å². The summed E-state index contributed by atoms with van der Waals surface area (Å²) < 4.78 is 1.66. The molecule has 1 aromatic heterocycles. The van der Waals surface area contributed by atoms with Gasteiger partial charge >= 0.3 is 0 Å². The SMILES string of the molecule is CCC(c1nc2ccccc2c(=O)n1C)N1CCN(C(=O)c2ccc(Cl)c(Cl)c2)C(C)C1. The van der Waals surface area contributed by atoms with Gasteiger partial charge in [0.25, 0.3) is 11.5 Å². The number of amides is 1. The molecule has 0 bridgehead atoms. The van der Waals surface area contributed by atoms with Crippen LogP contribution < -0.4 is 5.56 Å². The zero-order chi connectivity index (χ0) is 23.0. The van der Waals surface area contributed by atoms with Crippen molar-refractivity contribution in [2.45, 2.75) is 32.4 Å². The van der Waals surface area contributed by atoms with Crippen LogP contribution in [-0.2, 0) is 7.05 Å². The molecule has 2 aromatic carbocycles. The van der Waals surface area contributed by atoms with Crippen molar-refractivity contribution in [3.05, 3.63) is 74.3 Å². The number of carbonyl (C=O) groups is 1. The van der Waals surface area contributed by atoms with Gasteiger partial charge in [-0.3, -0.25) is 19.1 Å². The summed E-state index contributed by atoms with van der Waals surface area (Å²) >= 11 is 12.1. The van der Waals surface area contributed by atoms with Crippen LogP contribution in [0.15, 0.2) is 47.3 Å². The molecule has 0 aliphatic carbocycles. The van der Waals surface area contributed by atoms with E-state index in [9.17, 15) is 9.59 Å². The number of para-hydroxylation sites is 1. The number of hydrogen-bond acceptors (Lipinski definition) is 4. The van der Waals surface area contributed by atoms with E-state index < -0.39 is 0 Å². The minimum Gasteiger partial charge on any atom is -0.333 e. The number of rotatable bonds is 4. The first-order valence-electron chi connectivity index (χ1n) is 10.8. The Hall–Kier alpha value is -2.41. The van der Waals surface area contributed by atoms with E-state index in [4.69, 9.17) is 28.2 Å². The average molecular weight is 473 g/mol. The van der Waals surface area contributed by atoms with E-state index in [1.807, 2.05) is 36.1 Å². The number of piperazine rings is 1. The summed E-state index contributed by atoms with van der Waals surface area (Å²) in [6.07, 6.45) is 0.812. The van der Waals surface area contributed by atoms with E-state index in [1.54, 1.807) is 29.8 Å². The van der Waals surface area contributed by atoms with E-state index in [0.29, 0.717) is 46.1 Å². The van der Waals surface area contributed by atoms with E-state index >= 15 is 0 Å². The van der Waals surface area contributed by atoms with E-state index in [1.165, 1.54) is 0 Å². The lowest BCUT2D eigenvalue weighted by molar-refractivity contribution is 0.0362. The Morgan fingerprint density at radius 2 is 1.91 bits per heavy atom. The summed E-state index contributed by atoms with van der Waals surface area (Å²) in [5, 5.41) is 1.43. The minimum absolute atomic E-state index is 0.00256. The Kier molecular flexibility index (Phi) is 6.56. The Morgan fingerprint density at radius 3 is 2.59 bits per heavy atom. The summed E-state index contributed by atoms with van der Waals surface area (Å²) in [6, 6.07) is 12.4. The van der Waals surface area contributed by atoms with Gasteiger partial charge in [-0.05, 0) is 43.7 Å². The van der Waals surface area contributed by atoms with Crippen molar-refractivity contribution in [1.82, 2.24) is 19.4 Å². The molecule has 1 aliphatic rings. The van der Waals surface area contributed by atoms with Crippen LogP contribution in [0.1, 0.15) is 42.5 Å². The highest BCUT2D eigenvalue weighted by Crippen LogP contribution is 2.28. The van der Waals surface area contributed by atoms with Crippen LogP contribution in [0.3, 0.4) is 0 Å². The van der Waals surface area contributed by atoms with Gasteiger partial charge in [0.1, 0.15) is 5.82 Å². The van der Waals surface area contributed by atoms with Gasteiger partial charge < -0.3 is 4.90 Å². The van der Waals surface area contributed by atoms with Gasteiger partial charge in [-0.15, -0.1) is 0 Å². The molecule has 8 heteroatoms. The molecule has 0 radical (unpaired) electrons. The Balaban J connectivity index is 1.57. The molecule has 1 saturated heterocycles. The lowest BCUT2D eigenvalue weighted by Crippen LogP contribution is -2.55. The third-order valence-electron chi connectivity index (χ3n) is 6.23. The highest BCUT2D eigenvalue weighted by atomic mass is 35.5. The van der Waals surface area contributed by atoms with Crippen molar-refractivity contribution >= 4 is 40.0 Å². The molecule has 0 N–H and O–H groups in total.